The number of nitrogen functional groups attached to an aromatic ring is 2. The molecule has 0 saturated heterocycles. The van der Waals surface area contributed by atoms with Gasteiger partial charge in [-0.15, -0.1) is 0 Å². The van der Waals surface area contributed by atoms with Crippen LogP contribution in [0.5, 0.6) is 0 Å². The minimum atomic E-state index is -0.488. The van der Waals surface area contributed by atoms with Crippen LogP contribution in [0.25, 0.3) is 5.57 Å². The third-order valence-corrected chi connectivity index (χ3v) is 3.44. The second kappa shape index (κ2) is 2.59. The van der Waals surface area contributed by atoms with E-state index in [1.807, 2.05) is 18.2 Å². The molecule has 0 amide bonds. The Hall–Kier alpha value is -1.94. The number of rotatable bonds is 0. The van der Waals surface area contributed by atoms with Crippen molar-refractivity contribution in [3.8, 4) is 0 Å². The van der Waals surface area contributed by atoms with Crippen LogP contribution in [0.4, 0.5) is 11.4 Å². The van der Waals surface area contributed by atoms with E-state index in [4.69, 9.17) is 22.9 Å². The van der Waals surface area contributed by atoms with Gasteiger partial charge in [0.2, 0.25) is 0 Å². The molecule has 0 spiro atoms. The van der Waals surface area contributed by atoms with E-state index in [2.05, 4.69) is 0 Å². The molecule has 4 heteroatoms. The average Bonchev–Trinajstić information content (AvgIpc) is 2.24. The van der Waals surface area contributed by atoms with E-state index in [9.17, 15) is 0 Å². The van der Waals surface area contributed by atoms with E-state index in [1.54, 1.807) is 6.07 Å². The Morgan fingerprint density at radius 1 is 1.06 bits per heavy atom. The highest BCUT2D eigenvalue weighted by Crippen LogP contribution is 2.56. The highest BCUT2D eigenvalue weighted by atomic mass is 14.8. The molecule has 0 saturated carbocycles. The van der Waals surface area contributed by atoms with Gasteiger partial charge in [0.1, 0.15) is 0 Å². The summed E-state index contributed by atoms with van der Waals surface area (Å²) in [6, 6.07) is 3.62. The Bertz CT molecular complexity index is 556. The quantitative estimate of drug-likeness (QED) is 0.476. The maximum absolute atomic E-state index is 6.35. The first-order chi connectivity index (χ1) is 7.54. The molecule has 2 aliphatic carbocycles. The Balaban J connectivity index is 2.31. The van der Waals surface area contributed by atoms with Gasteiger partial charge in [-0.25, -0.2) is 0 Å². The van der Waals surface area contributed by atoms with Gasteiger partial charge in [-0.1, -0.05) is 6.08 Å². The zero-order chi connectivity index (χ0) is 11.5. The molecule has 8 N–H and O–H groups in total. The van der Waals surface area contributed by atoms with Crippen LogP contribution in [-0.4, -0.2) is 0 Å². The molecule has 0 aromatic heterocycles. The fourth-order valence-corrected chi connectivity index (χ4v) is 2.62. The number of allylic oxidation sites excluding steroid dienone is 1. The van der Waals surface area contributed by atoms with Crippen molar-refractivity contribution in [1.82, 2.24) is 0 Å². The maximum atomic E-state index is 6.35. The monoisotopic (exact) mass is 214 g/mol. The third-order valence-electron chi connectivity index (χ3n) is 3.44. The summed E-state index contributed by atoms with van der Waals surface area (Å²) in [5, 5.41) is 0. The van der Waals surface area contributed by atoms with Crippen LogP contribution in [0.15, 0.2) is 30.0 Å². The first-order valence-electron chi connectivity index (χ1n) is 5.19. The minimum Gasteiger partial charge on any atom is -0.399 e. The Kier molecular flexibility index (Phi) is 1.51. The normalized spacial score (nSPS) is 26.1. The molecule has 1 unspecified atom stereocenters. The maximum Gasteiger partial charge on any atom is 0.0735 e. The van der Waals surface area contributed by atoms with Crippen LogP contribution in [0.1, 0.15) is 17.5 Å². The minimum absolute atomic E-state index is 0.488. The van der Waals surface area contributed by atoms with Gasteiger partial charge in [0.25, 0.3) is 0 Å². The Labute approximate surface area is 93.6 Å². The van der Waals surface area contributed by atoms with Gasteiger partial charge in [0.05, 0.1) is 5.54 Å². The predicted octanol–water partition coefficient (Wildman–Crippen LogP) is 0.648. The van der Waals surface area contributed by atoms with Gasteiger partial charge in [-0.3, -0.25) is 0 Å². The lowest BCUT2D eigenvalue weighted by Crippen LogP contribution is -2.48. The molecule has 0 radical (unpaired) electrons. The van der Waals surface area contributed by atoms with E-state index in [1.165, 1.54) is 0 Å². The van der Waals surface area contributed by atoms with Crippen LogP contribution in [-0.2, 0) is 5.54 Å². The molecule has 0 heterocycles. The Morgan fingerprint density at radius 2 is 1.75 bits per heavy atom. The molecule has 0 aliphatic heterocycles. The van der Waals surface area contributed by atoms with Crippen molar-refractivity contribution in [3.63, 3.8) is 0 Å². The van der Waals surface area contributed by atoms with Gasteiger partial charge in [0, 0.05) is 28.2 Å². The molecule has 4 nitrogen and oxygen atoms in total. The highest BCUT2D eigenvalue weighted by Gasteiger charge is 2.47. The average molecular weight is 214 g/mol. The summed E-state index contributed by atoms with van der Waals surface area (Å²) in [7, 11) is 0. The molecule has 2 aliphatic rings. The summed E-state index contributed by atoms with van der Waals surface area (Å²) in [6.45, 7) is 0. The predicted molar refractivity (Wildman–Crippen MR) is 66.0 cm³/mol. The zero-order valence-corrected chi connectivity index (χ0v) is 8.83. The fourth-order valence-electron chi connectivity index (χ4n) is 2.62. The molecule has 82 valence electrons. The number of benzene rings is 1. The number of fused-ring (bicyclic) bond motifs is 4. The molecule has 16 heavy (non-hydrogen) atoms. The van der Waals surface area contributed by atoms with Crippen molar-refractivity contribution >= 4 is 16.9 Å². The van der Waals surface area contributed by atoms with Gasteiger partial charge < -0.3 is 22.9 Å². The lowest BCUT2D eigenvalue weighted by Gasteiger charge is -2.46. The molecule has 1 aromatic carbocycles. The Morgan fingerprint density at radius 3 is 2.50 bits per heavy atom. The molecule has 0 fully saturated rings. The number of hydrogen-bond acceptors (Lipinski definition) is 4. The smallest absolute Gasteiger partial charge is 0.0735 e. The van der Waals surface area contributed by atoms with Crippen LogP contribution in [0.3, 0.4) is 0 Å². The molecule has 0 bridgehead atoms. The van der Waals surface area contributed by atoms with E-state index in [0.29, 0.717) is 17.8 Å². The van der Waals surface area contributed by atoms with Crippen LogP contribution in [0, 0.1) is 0 Å². The topological polar surface area (TPSA) is 104 Å². The second-order valence-electron chi connectivity index (χ2n) is 4.43. The summed E-state index contributed by atoms with van der Waals surface area (Å²) >= 11 is 0. The van der Waals surface area contributed by atoms with Crippen LogP contribution < -0.4 is 22.9 Å². The lowest BCUT2D eigenvalue weighted by molar-refractivity contribution is 0.548. The van der Waals surface area contributed by atoms with E-state index in [0.717, 1.165) is 22.4 Å². The van der Waals surface area contributed by atoms with Crippen molar-refractivity contribution in [1.29, 1.82) is 0 Å². The summed E-state index contributed by atoms with van der Waals surface area (Å²) < 4.78 is 0. The number of anilines is 2. The van der Waals surface area contributed by atoms with Crippen LogP contribution >= 0.6 is 0 Å². The number of hydrogen-bond donors (Lipinski definition) is 4. The van der Waals surface area contributed by atoms with Crippen molar-refractivity contribution in [3.05, 3.63) is 41.1 Å². The molecule has 3 rings (SSSR count). The third kappa shape index (κ3) is 0.875. The van der Waals surface area contributed by atoms with E-state index < -0.39 is 5.54 Å². The summed E-state index contributed by atoms with van der Waals surface area (Å²) in [6.07, 6.45) is 4.50. The summed E-state index contributed by atoms with van der Waals surface area (Å²) in [4.78, 5) is 0. The van der Waals surface area contributed by atoms with Crippen LogP contribution in [0.2, 0.25) is 0 Å². The van der Waals surface area contributed by atoms with Gasteiger partial charge >= 0.3 is 0 Å². The van der Waals surface area contributed by atoms with E-state index in [-0.39, 0.29) is 0 Å². The molecule has 1 atom stereocenters. The van der Waals surface area contributed by atoms with Crippen molar-refractivity contribution < 1.29 is 0 Å². The number of nitrogens with two attached hydrogens (primary N) is 4. The van der Waals surface area contributed by atoms with E-state index >= 15 is 0 Å². The summed E-state index contributed by atoms with van der Waals surface area (Å²) in [5.74, 6) is 0. The van der Waals surface area contributed by atoms with Crippen molar-refractivity contribution in [2.45, 2.75) is 12.0 Å². The zero-order valence-electron chi connectivity index (χ0n) is 8.83. The first-order valence-corrected chi connectivity index (χ1v) is 5.19. The first kappa shape index (κ1) is 9.30. The van der Waals surface area contributed by atoms with Crippen molar-refractivity contribution in [2.24, 2.45) is 11.5 Å². The SMILES string of the molecule is NC1=CCC2(N)C(=C1)c1c(N)ccc(N)c12. The second-order valence-corrected chi connectivity index (χ2v) is 4.43. The van der Waals surface area contributed by atoms with Crippen molar-refractivity contribution in [2.75, 3.05) is 11.5 Å². The van der Waals surface area contributed by atoms with Gasteiger partial charge in [-0.05, 0) is 30.2 Å². The standard InChI is InChI=1S/C12H14N4/c13-6-3-4-12(16)7(5-6)10-8(14)1-2-9(15)11(10)12/h1-3,5H,4,13-16H2. The summed E-state index contributed by atoms with van der Waals surface area (Å²) in [5.41, 5.74) is 28.6. The lowest BCUT2D eigenvalue weighted by atomic mass is 9.62. The fraction of sp³-hybridized carbons (Fsp3) is 0.167. The molecular weight excluding hydrogens is 200 g/mol. The van der Waals surface area contributed by atoms with Gasteiger partial charge in [0.15, 0.2) is 0 Å². The largest absolute Gasteiger partial charge is 0.399 e. The molecular formula is C12H14N4. The molecule has 1 aromatic rings. The van der Waals surface area contributed by atoms with Gasteiger partial charge in [-0.2, -0.15) is 0 Å². The highest BCUT2D eigenvalue weighted by molar-refractivity contribution is 5.98.